The summed E-state index contributed by atoms with van der Waals surface area (Å²) in [6.07, 6.45) is 3.58. The van der Waals surface area contributed by atoms with Gasteiger partial charge in [-0.25, -0.2) is 8.42 Å². The van der Waals surface area contributed by atoms with Crippen LogP contribution in [0.1, 0.15) is 52.5 Å². The molecular weight excluding hydrogens is 486 g/mol. The van der Waals surface area contributed by atoms with Gasteiger partial charge in [-0.15, -0.1) is 0 Å². The van der Waals surface area contributed by atoms with Crippen molar-refractivity contribution in [3.05, 3.63) is 89.5 Å². The molecule has 0 aromatic heterocycles. The molecule has 37 heavy (non-hydrogen) atoms. The molecule has 0 aliphatic carbocycles. The van der Waals surface area contributed by atoms with Crippen LogP contribution < -0.4 is 10.2 Å². The first-order chi connectivity index (χ1) is 17.9. The number of rotatable bonds is 6. The van der Waals surface area contributed by atoms with Crippen LogP contribution in [0.25, 0.3) is 0 Å². The second kappa shape index (κ2) is 10.5. The molecule has 3 aromatic carbocycles. The fourth-order valence-electron chi connectivity index (χ4n) is 5.18. The lowest BCUT2D eigenvalue weighted by atomic mass is 10.0. The van der Waals surface area contributed by atoms with Gasteiger partial charge in [0.15, 0.2) is 0 Å². The highest BCUT2D eigenvalue weighted by Gasteiger charge is 2.36. The van der Waals surface area contributed by atoms with E-state index < -0.39 is 15.7 Å². The first-order valence-corrected chi connectivity index (χ1v) is 14.2. The maximum atomic E-state index is 13.7. The number of nitrogens with zero attached hydrogens (tertiary/aromatic N) is 2. The number of hydrogen-bond donors (Lipinski definition) is 1. The first kappa shape index (κ1) is 25.2. The molecule has 2 amide bonds. The molecule has 1 fully saturated rings. The zero-order valence-electron chi connectivity index (χ0n) is 20.9. The molecule has 1 atom stereocenters. The lowest BCUT2D eigenvalue weighted by molar-refractivity contribution is 0.0936. The third-order valence-corrected chi connectivity index (χ3v) is 9.12. The monoisotopic (exact) mass is 517 g/mol. The maximum absolute atomic E-state index is 13.7. The van der Waals surface area contributed by atoms with Crippen LogP contribution in [0, 0.1) is 0 Å². The summed E-state index contributed by atoms with van der Waals surface area (Å²) in [4.78, 5) is 30.6. The van der Waals surface area contributed by atoms with Crippen molar-refractivity contribution >= 4 is 27.3 Å². The summed E-state index contributed by atoms with van der Waals surface area (Å²) in [5.41, 5.74) is 1.50. The van der Waals surface area contributed by atoms with E-state index in [-0.39, 0.29) is 33.5 Å². The number of carbonyl (C=O) groups is 2. The topological polar surface area (TPSA) is 86.8 Å². The first-order valence-electron chi connectivity index (χ1n) is 12.7. The number of hydrogen-bond acceptors (Lipinski definition) is 5. The van der Waals surface area contributed by atoms with E-state index >= 15 is 0 Å². The molecule has 1 saturated heterocycles. The minimum absolute atomic E-state index is 0.0143. The predicted octanol–water partition coefficient (Wildman–Crippen LogP) is 4.28. The van der Waals surface area contributed by atoms with Crippen molar-refractivity contribution < 1.29 is 18.0 Å². The Morgan fingerprint density at radius 1 is 0.973 bits per heavy atom. The molecule has 0 unspecified atom stereocenters. The number of sulfone groups is 1. The van der Waals surface area contributed by atoms with E-state index in [1.807, 2.05) is 30.3 Å². The third-order valence-electron chi connectivity index (χ3n) is 7.26. The van der Waals surface area contributed by atoms with Crippen molar-refractivity contribution in [3.8, 4) is 0 Å². The fraction of sp³-hybridized carbons (Fsp3) is 0.310. The number of likely N-dealkylation sites (tertiary alicyclic amines) is 1. The van der Waals surface area contributed by atoms with Crippen LogP contribution in [-0.4, -0.2) is 50.8 Å². The van der Waals surface area contributed by atoms with Gasteiger partial charge >= 0.3 is 0 Å². The van der Waals surface area contributed by atoms with Gasteiger partial charge in [0.1, 0.15) is 0 Å². The molecule has 5 rings (SSSR count). The molecular formula is C29H31N3O4S. The maximum Gasteiger partial charge on any atom is 0.259 e. The molecule has 192 valence electrons. The van der Waals surface area contributed by atoms with Crippen LogP contribution in [0.4, 0.5) is 5.69 Å². The van der Waals surface area contributed by atoms with Crippen molar-refractivity contribution in [1.29, 1.82) is 0 Å². The number of amides is 2. The van der Waals surface area contributed by atoms with Gasteiger partial charge in [-0.1, -0.05) is 48.9 Å². The molecule has 0 bridgehead atoms. The van der Waals surface area contributed by atoms with E-state index in [2.05, 4.69) is 17.1 Å². The number of piperidine rings is 1. The van der Waals surface area contributed by atoms with Crippen molar-refractivity contribution in [2.45, 2.75) is 48.6 Å². The smallest absolute Gasteiger partial charge is 0.259 e. The summed E-state index contributed by atoms with van der Waals surface area (Å²) in [6.45, 7) is 4.68. The highest BCUT2D eigenvalue weighted by atomic mass is 32.2. The van der Waals surface area contributed by atoms with Gasteiger partial charge in [0.25, 0.3) is 11.8 Å². The molecule has 0 radical (unpaired) electrons. The van der Waals surface area contributed by atoms with E-state index in [1.165, 1.54) is 54.5 Å². The summed E-state index contributed by atoms with van der Waals surface area (Å²) >= 11 is 0. The quantitative estimate of drug-likeness (QED) is 0.527. The van der Waals surface area contributed by atoms with E-state index in [1.54, 1.807) is 12.1 Å². The molecule has 2 aliphatic rings. The van der Waals surface area contributed by atoms with Crippen LogP contribution in [0.15, 0.2) is 82.6 Å². The number of nitrogens with one attached hydrogen (secondary N) is 1. The minimum Gasteiger partial charge on any atom is -0.351 e. The Bertz CT molecular complexity index is 1420. The lowest BCUT2D eigenvalue weighted by Crippen LogP contribution is -2.42. The zero-order valence-corrected chi connectivity index (χ0v) is 21.7. The summed E-state index contributed by atoms with van der Waals surface area (Å²) in [6, 6.07) is 20.7. The normalized spacial score (nSPS) is 19.0. The molecule has 3 aromatic rings. The molecule has 0 saturated carbocycles. The summed E-state index contributed by atoms with van der Waals surface area (Å²) in [5, 5.41) is 2.97. The zero-order chi connectivity index (χ0) is 26.0. The second-order valence-corrected chi connectivity index (χ2v) is 11.6. The van der Waals surface area contributed by atoms with Crippen molar-refractivity contribution in [3.63, 3.8) is 0 Å². The number of benzene rings is 3. The van der Waals surface area contributed by atoms with E-state index in [0.717, 1.165) is 18.7 Å². The Hall–Kier alpha value is -3.49. The van der Waals surface area contributed by atoms with Gasteiger partial charge in [0, 0.05) is 24.7 Å². The van der Waals surface area contributed by atoms with Crippen molar-refractivity contribution in [2.75, 3.05) is 24.5 Å². The molecule has 7 nitrogen and oxygen atoms in total. The van der Waals surface area contributed by atoms with Crippen LogP contribution in [0.5, 0.6) is 0 Å². The van der Waals surface area contributed by atoms with Gasteiger partial charge < -0.3 is 10.2 Å². The van der Waals surface area contributed by atoms with Crippen LogP contribution in [-0.2, 0) is 16.4 Å². The number of fused-ring (bicyclic) bond motifs is 2. The van der Waals surface area contributed by atoms with E-state index in [0.29, 0.717) is 18.2 Å². The van der Waals surface area contributed by atoms with Crippen LogP contribution in [0.3, 0.4) is 0 Å². The van der Waals surface area contributed by atoms with Gasteiger partial charge in [-0.05, 0) is 62.2 Å². The van der Waals surface area contributed by atoms with Crippen molar-refractivity contribution in [1.82, 2.24) is 10.2 Å². The van der Waals surface area contributed by atoms with E-state index in [4.69, 9.17) is 0 Å². The summed E-state index contributed by atoms with van der Waals surface area (Å²) < 4.78 is 27.3. The molecule has 1 N–H and O–H groups in total. The SMILES string of the molecule is C[C@@H]1CCCCN1CCNC(=O)c1ccc2c(c1)N(Cc1ccccc1)C(=O)c1ccccc1S2(=O)=O. The average Bonchev–Trinajstić information content (AvgIpc) is 2.98. The Morgan fingerprint density at radius 3 is 2.51 bits per heavy atom. The minimum atomic E-state index is -3.98. The highest BCUT2D eigenvalue weighted by Crippen LogP contribution is 2.38. The number of anilines is 1. The lowest BCUT2D eigenvalue weighted by Gasteiger charge is -2.33. The standard InChI is InChI=1S/C29H31N3O4S/c1-21-9-7-8-17-31(21)18-16-30-28(33)23-14-15-27-25(19-23)32(20-22-10-3-2-4-11-22)29(34)24-12-5-6-13-26(24)37(27,35)36/h2-6,10-15,19,21H,7-9,16-18,20H2,1H3,(H,30,33)/t21-/m1/s1. The Morgan fingerprint density at radius 2 is 1.73 bits per heavy atom. The van der Waals surface area contributed by atoms with Crippen LogP contribution in [0.2, 0.25) is 0 Å². The Balaban J connectivity index is 1.48. The highest BCUT2D eigenvalue weighted by molar-refractivity contribution is 7.91. The van der Waals surface area contributed by atoms with Gasteiger partial charge in [0.2, 0.25) is 9.84 Å². The van der Waals surface area contributed by atoms with Gasteiger partial charge in [-0.2, -0.15) is 0 Å². The van der Waals surface area contributed by atoms with Gasteiger partial charge in [0.05, 0.1) is 27.6 Å². The largest absolute Gasteiger partial charge is 0.351 e. The molecule has 0 spiro atoms. The predicted molar refractivity (Wildman–Crippen MR) is 143 cm³/mol. The van der Waals surface area contributed by atoms with Crippen LogP contribution >= 0.6 is 0 Å². The van der Waals surface area contributed by atoms with Crippen molar-refractivity contribution in [2.24, 2.45) is 0 Å². The molecule has 2 aliphatic heterocycles. The second-order valence-electron chi connectivity index (χ2n) is 9.70. The molecule has 8 heteroatoms. The van der Waals surface area contributed by atoms with Gasteiger partial charge in [-0.3, -0.25) is 14.5 Å². The van der Waals surface area contributed by atoms with E-state index in [9.17, 15) is 18.0 Å². The number of carbonyl (C=O) groups excluding carboxylic acids is 2. The fourth-order valence-corrected chi connectivity index (χ4v) is 6.81. The molecule has 2 heterocycles. The summed E-state index contributed by atoms with van der Waals surface area (Å²) in [7, 11) is -3.98. The Kier molecular flexibility index (Phi) is 7.13. The third kappa shape index (κ3) is 5.04. The Labute approximate surface area is 218 Å². The average molecular weight is 518 g/mol. The summed E-state index contributed by atoms with van der Waals surface area (Å²) in [5.74, 6) is -0.711.